The molecule has 0 saturated heterocycles. The summed E-state index contributed by atoms with van der Waals surface area (Å²) in [6.07, 6.45) is 24.5. The van der Waals surface area contributed by atoms with E-state index < -0.39 is 0 Å². The molecule has 0 aliphatic heterocycles. The van der Waals surface area contributed by atoms with Gasteiger partial charge in [0.1, 0.15) is 0 Å². The zero-order valence-electron chi connectivity index (χ0n) is 7.89. The Bertz CT molecular complexity index is 249. The maximum Gasteiger partial charge on any atom is -0.0163 e. The average Bonchev–Trinajstić information content (AvgIpc) is 2.18. The normalized spacial score (nSPS) is 25.2. The van der Waals surface area contributed by atoms with Crippen molar-refractivity contribution in [2.45, 2.75) is 19.3 Å². The van der Waals surface area contributed by atoms with Crippen LogP contribution in [0.5, 0.6) is 0 Å². The number of hydrogen-bond acceptors (Lipinski definition) is 0. The minimum Gasteiger partial charge on any atom is -0.0842 e. The summed E-state index contributed by atoms with van der Waals surface area (Å²) < 4.78 is 0. The monoisotopic (exact) mass is 172 g/mol. The molecule has 0 spiro atoms. The lowest BCUT2D eigenvalue weighted by atomic mass is 10.2. The molecule has 0 aromatic heterocycles. The van der Waals surface area contributed by atoms with Gasteiger partial charge >= 0.3 is 0 Å². The van der Waals surface area contributed by atoms with E-state index in [2.05, 4.69) is 60.8 Å². The van der Waals surface area contributed by atoms with Crippen LogP contribution in [0.2, 0.25) is 0 Å². The van der Waals surface area contributed by atoms with Gasteiger partial charge in [0.2, 0.25) is 0 Å². The van der Waals surface area contributed by atoms with Gasteiger partial charge in [-0.25, -0.2) is 0 Å². The first-order chi connectivity index (χ1) is 6.50. The molecule has 0 amide bonds. The maximum atomic E-state index is 2.20. The quantitative estimate of drug-likeness (QED) is 0.519. The molecule has 0 nitrogen and oxygen atoms in total. The summed E-state index contributed by atoms with van der Waals surface area (Å²) in [4.78, 5) is 0. The summed E-state index contributed by atoms with van der Waals surface area (Å²) in [5.41, 5.74) is 0. The van der Waals surface area contributed by atoms with Crippen LogP contribution in [0.15, 0.2) is 60.8 Å². The van der Waals surface area contributed by atoms with Gasteiger partial charge < -0.3 is 0 Å². The fourth-order valence-electron chi connectivity index (χ4n) is 1.06. The molecule has 0 unspecified atom stereocenters. The summed E-state index contributed by atoms with van der Waals surface area (Å²) >= 11 is 0. The second-order valence-corrected chi connectivity index (χ2v) is 2.91. The fraction of sp³-hybridized carbons (Fsp3) is 0.231. The van der Waals surface area contributed by atoms with Crippen LogP contribution in [0.25, 0.3) is 0 Å². The molecule has 0 heteroatoms. The van der Waals surface area contributed by atoms with E-state index in [-0.39, 0.29) is 0 Å². The third-order valence-electron chi connectivity index (χ3n) is 1.76. The van der Waals surface area contributed by atoms with Crippen molar-refractivity contribution < 1.29 is 0 Å². The van der Waals surface area contributed by atoms with Crippen LogP contribution in [0.1, 0.15) is 19.3 Å². The first kappa shape index (κ1) is 9.79. The Kier molecular flexibility index (Phi) is 5.54. The van der Waals surface area contributed by atoms with Gasteiger partial charge in [0.25, 0.3) is 0 Å². The van der Waals surface area contributed by atoms with Crippen LogP contribution in [-0.2, 0) is 0 Å². The molecule has 1 aliphatic carbocycles. The van der Waals surface area contributed by atoms with Crippen molar-refractivity contribution in [2.75, 3.05) is 0 Å². The highest BCUT2D eigenvalue weighted by molar-refractivity contribution is 5.13. The van der Waals surface area contributed by atoms with E-state index in [0.717, 1.165) is 19.3 Å². The largest absolute Gasteiger partial charge is 0.0842 e. The van der Waals surface area contributed by atoms with E-state index in [4.69, 9.17) is 0 Å². The first-order valence-electron chi connectivity index (χ1n) is 4.80. The molecule has 0 aromatic rings. The summed E-state index contributed by atoms with van der Waals surface area (Å²) in [6.45, 7) is 0. The molecule has 0 heterocycles. The summed E-state index contributed by atoms with van der Waals surface area (Å²) in [5, 5.41) is 0. The van der Waals surface area contributed by atoms with Crippen molar-refractivity contribution in [3.05, 3.63) is 60.8 Å². The minimum absolute atomic E-state index is 1.01. The van der Waals surface area contributed by atoms with Crippen LogP contribution in [0.4, 0.5) is 0 Å². The Labute approximate surface area is 80.7 Å². The van der Waals surface area contributed by atoms with Crippen LogP contribution in [0.3, 0.4) is 0 Å². The molecule has 13 heavy (non-hydrogen) atoms. The smallest absolute Gasteiger partial charge is 0.0163 e. The molecular formula is C13H16. The van der Waals surface area contributed by atoms with E-state index in [9.17, 15) is 0 Å². The van der Waals surface area contributed by atoms with Crippen LogP contribution in [-0.4, -0.2) is 0 Å². The average molecular weight is 172 g/mol. The van der Waals surface area contributed by atoms with Gasteiger partial charge in [-0.05, 0) is 19.3 Å². The van der Waals surface area contributed by atoms with Gasteiger partial charge in [0.05, 0.1) is 0 Å². The molecule has 0 atom stereocenters. The molecule has 68 valence electrons. The minimum atomic E-state index is 1.01. The van der Waals surface area contributed by atoms with Crippen molar-refractivity contribution in [2.24, 2.45) is 0 Å². The van der Waals surface area contributed by atoms with Crippen molar-refractivity contribution in [1.29, 1.82) is 0 Å². The van der Waals surface area contributed by atoms with E-state index in [1.165, 1.54) is 0 Å². The number of rotatable bonds is 0. The van der Waals surface area contributed by atoms with E-state index in [1.807, 2.05) is 0 Å². The van der Waals surface area contributed by atoms with Crippen LogP contribution >= 0.6 is 0 Å². The van der Waals surface area contributed by atoms with E-state index in [0.29, 0.717) is 0 Å². The number of allylic oxidation sites excluding steroid dienone is 10. The highest BCUT2D eigenvalue weighted by Crippen LogP contribution is 1.96. The summed E-state index contributed by atoms with van der Waals surface area (Å²) in [6, 6.07) is 0. The van der Waals surface area contributed by atoms with Gasteiger partial charge in [0, 0.05) is 0 Å². The Hall–Kier alpha value is -1.30. The van der Waals surface area contributed by atoms with Gasteiger partial charge in [-0.1, -0.05) is 60.8 Å². The van der Waals surface area contributed by atoms with Gasteiger partial charge in [-0.2, -0.15) is 0 Å². The maximum absolute atomic E-state index is 2.20. The molecule has 0 aromatic carbocycles. The molecular weight excluding hydrogens is 156 g/mol. The van der Waals surface area contributed by atoms with Gasteiger partial charge in [-0.15, -0.1) is 0 Å². The van der Waals surface area contributed by atoms with Crippen molar-refractivity contribution in [3.8, 4) is 0 Å². The second kappa shape index (κ2) is 7.35. The Balaban J connectivity index is 2.49. The Morgan fingerprint density at radius 2 is 0.923 bits per heavy atom. The Morgan fingerprint density at radius 1 is 0.462 bits per heavy atom. The zero-order valence-corrected chi connectivity index (χ0v) is 7.89. The van der Waals surface area contributed by atoms with Crippen LogP contribution in [0, 0.1) is 0 Å². The highest BCUT2D eigenvalue weighted by Gasteiger charge is 1.75. The molecule has 1 aliphatic rings. The zero-order chi connectivity index (χ0) is 9.19. The molecule has 0 fully saturated rings. The van der Waals surface area contributed by atoms with Crippen molar-refractivity contribution in [3.63, 3.8) is 0 Å². The lowest BCUT2D eigenvalue weighted by Crippen LogP contribution is -1.62. The van der Waals surface area contributed by atoms with Crippen LogP contribution < -0.4 is 0 Å². The third kappa shape index (κ3) is 5.92. The van der Waals surface area contributed by atoms with Crippen molar-refractivity contribution >= 4 is 0 Å². The number of hydrogen-bond donors (Lipinski definition) is 0. The SMILES string of the molecule is C1=C/C=C\C/C=C\C=C\CCC=C1. The highest BCUT2D eigenvalue weighted by atomic mass is 13.8. The Morgan fingerprint density at radius 3 is 1.62 bits per heavy atom. The second-order valence-electron chi connectivity index (χ2n) is 2.91. The molecule has 0 saturated carbocycles. The molecule has 0 radical (unpaired) electrons. The third-order valence-corrected chi connectivity index (χ3v) is 1.76. The molecule has 0 bridgehead atoms. The summed E-state index contributed by atoms with van der Waals surface area (Å²) in [7, 11) is 0. The topological polar surface area (TPSA) is 0 Å². The van der Waals surface area contributed by atoms with Gasteiger partial charge in [-0.3, -0.25) is 0 Å². The summed E-state index contributed by atoms with van der Waals surface area (Å²) in [5.74, 6) is 0. The van der Waals surface area contributed by atoms with E-state index in [1.54, 1.807) is 0 Å². The predicted octanol–water partition coefficient (Wildman–Crippen LogP) is 3.95. The molecule has 0 N–H and O–H groups in total. The standard InChI is InChI=1S/C13H16/c1-2-4-6-8-10-12-13-11-9-7-5-3-1/h1-6,9,11-13H,7-8,10H2/b2-1?,5-3-,6-4?,11-9-,13-12+. The first-order valence-corrected chi connectivity index (χ1v) is 4.80. The fourth-order valence-corrected chi connectivity index (χ4v) is 1.06. The van der Waals surface area contributed by atoms with Gasteiger partial charge in [0.15, 0.2) is 0 Å². The molecule has 1 rings (SSSR count). The van der Waals surface area contributed by atoms with Crippen molar-refractivity contribution in [1.82, 2.24) is 0 Å². The lowest BCUT2D eigenvalue weighted by Gasteiger charge is -1.83. The van der Waals surface area contributed by atoms with E-state index >= 15 is 0 Å². The lowest BCUT2D eigenvalue weighted by molar-refractivity contribution is 1.05. The predicted molar refractivity (Wildman–Crippen MR) is 59.6 cm³/mol.